The molecule has 1 aromatic rings. The van der Waals surface area contributed by atoms with E-state index in [9.17, 15) is 0 Å². The van der Waals surface area contributed by atoms with Crippen molar-refractivity contribution in [1.29, 1.82) is 0 Å². The van der Waals surface area contributed by atoms with Gasteiger partial charge in [0, 0.05) is 31.5 Å². The van der Waals surface area contributed by atoms with Crippen LogP contribution in [0.1, 0.15) is 20.3 Å². The SMILES string of the molecule is CCC(C)Nc1cccc(N(C)C)c1. The molecule has 0 saturated carbocycles. The van der Waals surface area contributed by atoms with Gasteiger partial charge in [0.1, 0.15) is 0 Å². The van der Waals surface area contributed by atoms with Gasteiger partial charge in [-0.15, -0.1) is 0 Å². The standard InChI is InChI=1S/C12H20N2/c1-5-10(2)13-11-7-6-8-12(9-11)14(3)4/h6-10,13H,5H2,1-4H3. The third kappa shape index (κ3) is 2.95. The van der Waals surface area contributed by atoms with Gasteiger partial charge in [0.25, 0.3) is 0 Å². The summed E-state index contributed by atoms with van der Waals surface area (Å²) in [6, 6.07) is 9.01. The van der Waals surface area contributed by atoms with Crippen molar-refractivity contribution in [2.45, 2.75) is 26.3 Å². The van der Waals surface area contributed by atoms with Gasteiger partial charge in [0.15, 0.2) is 0 Å². The number of anilines is 2. The second kappa shape index (κ2) is 4.89. The van der Waals surface area contributed by atoms with Crippen LogP contribution in [-0.4, -0.2) is 20.1 Å². The van der Waals surface area contributed by atoms with Crippen molar-refractivity contribution in [2.75, 3.05) is 24.3 Å². The molecule has 1 aromatic carbocycles. The molecule has 14 heavy (non-hydrogen) atoms. The molecule has 1 rings (SSSR count). The van der Waals surface area contributed by atoms with Gasteiger partial charge < -0.3 is 10.2 Å². The third-order valence-electron chi connectivity index (χ3n) is 2.39. The number of hydrogen-bond acceptors (Lipinski definition) is 2. The fourth-order valence-corrected chi connectivity index (χ4v) is 1.26. The molecule has 0 aliphatic heterocycles. The lowest BCUT2D eigenvalue weighted by molar-refractivity contribution is 0.764. The summed E-state index contributed by atoms with van der Waals surface area (Å²) < 4.78 is 0. The van der Waals surface area contributed by atoms with Gasteiger partial charge in [0.2, 0.25) is 0 Å². The number of hydrogen-bond donors (Lipinski definition) is 1. The molecule has 0 heterocycles. The summed E-state index contributed by atoms with van der Waals surface area (Å²) >= 11 is 0. The lowest BCUT2D eigenvalue weighted by atomic mass is 10.2. The highest BCUT2D eigenvalue weighted by Crippen LogP contribution is 2.18. The minimum atomic E-state index is 0.535. The molecule has 0 saturated heterocycles. The van der Waals surface area contributed by atoms with Crippen molar-refractivity contribution in [3.05, 3.63) is 24.3 Å². The summed E-state index contributed by atoms with van der Waals surface area (Å²) in [6.07, 6.45) is 1.15. The van der Waals surface area contributed by atoms with E-state index < -0.39 is 0 Å². The zero-order chi connectivity index (χ0) is 10.6. The Hall–Kier alpha value is -1.18. The van der Waals surface area contributed by atoms with Crippen molar-refractivity contribution in [2.24, 2.45) is 0 Å². The highest BCUT2D eigenvalue weighted by molar-refractivity contribution is 5.57. The monoisotopic (exact) mass is 192 g/mol. The quantitative estimate of drug-likeness (QED) is 0.789. The van der Waals surface area contributed by atoms with Gasteiger partial charge in [-0.2, -0.15) is 0 Å². The zero-order valence-electron chi connectivity index (χ0n) is 9.54. The van der Waals surface area contributed by atoms with E-state index >= 15 is 0 Å². The normalized spacial score (nSPS) is 12.3. The van der Waals surface area contributed by atoms with Crippen LogP contribution in [0.25, 0.3) is 0 Å². The molecule has 1 atom stereocenters. The number of benzene rings is 1. The Balaban J connectivity index is 2.73. The van der Waals surface area contributed by atoms with E-state index in [2.05, 4.69) is 62.4 Å². The summed E-state index contributed by atoms with van der Waals surface area (Å²) in [7, 11) is 4.12. The highest BCUT2D eigenvalue weighted by Gasteiger charge is 2.00. The Kier molecular flexibility index (Phi) is 3.81. The molecule has 2 nitrogen and oxygen atoms in total. The van der Waals surface area contributed by atoms with Gasteiger partial charge in [0.05, 0.1) is 0 Å². The van der Waals surface area contributed by atoms with Crippen molar-refractivity contribution < 1.29 is 0 Å². The first-order valence-corrected chi connectivity index (χ1v) is 5.17. The first kappa shape index (κ1) is 10.9. The maximum atomic E-state index is 3.46. The maximum Gasteiger partial charge on any atom is 0.0381 e. The minimum Gasteiger partial charge on any atom is -0.383 e. The minimum absolute atomic E-state index is 0.535. The molecule has 78 valence electrons. The number of rotatable bonds is 4. The third-order valence-corrected chi connectivity index (χ3v) is 2.39. The Morgan fingerprint density at radius 3 is 2.64 bits per heavy atom. The maximum absolute atomic E-state index is 3.46. The summed E-state index contributed by atoms with van der Waals surface area (Å²) in [4.78, 5) is 2.11. The molecular weight excluding hydrogens is 172 g/mol. The van der Waals surface area contributed by atoms with Crippen molar-refractivity contribution >= 4 is 11.4 Å². The van der Waals surface area contributed by atoms with E-state index in [1.54, 1.807) is 0 Å². The topological polar surface area (TPSA) is 15.3 Å². The van der Waals surface area contributed by atoms with Gasteiger partial charge >= 0.3 is 0 Å². The number of nitrogens with zero attached hydrogens (tertiary/aromatic N) is 1. The smallest absolute Gasteiger partial charge is 0.0381 e. The van der Waals surface area contributed by atoms with E-state index in [0.29, 0.717) is 6.04 Å². The first-order chi connectivity index (χ1) is 6.63. The average molecular weight is 192 g/mol. The first-order valence-electron chi connectivity index (χ1n) is 5.17. The van der Waals surface area contributed by atoms with Crippen LogP contribution in [0.4, 0.5) is 11.4 Å². The lowest BCUT2D eigenvalue weighted by Gasteiger charge is -2.17. The highest BCUT2D eigenvalue weighted by atomic mass is 15.1. The molecular formula is C12H20N2. The van der Waals surface area contributed by atoms with Crippen LogP contribution in [0.2, 0.25) is 0 Å². The molecule has 1 unspecified atom stereocenters. The van der Waals surface area contributed by atoms with E-state index in [0.717, 1.165) is 6.42 Å². The summed E-state index contributed by atoms with van der Waals surface area (Å²) in [5.74, 6) is 0. The van der Waals surface area contributed by atoms with Gasteiger partial charge in [-0.3, -0.25) is 0 Å². The summed E-state index contributed by atoms with van der Waals surface area (Å²) in [6.45, 7) is 4.38. The largest absolute Gasteiger partial charge is 0.383 e. The Morgan fingerprint density at radius 1 is 1.36 bits per heavy atom. The second-order valence-corrected chi connectivity index (χ2v) is 3.90. The van der Waals surface area contributed by atoms with E-state index in [4.69, 9.17) is 0 Å². The van der Waals surface area contributed by atoms with Crippen LogP contribution in [-0.2, 0) is 0 Å². The Bertz CT molecular complexity index is 281. The molecule has 0 aromatic heterocycles. The molecule has 1 N–H and O–H groups in total. The van der Waals surface area contributed by atoms with E-state index in [1.165, 1.54) is 11.4 Å². The van der Waals surface area contributed by atoms with E-state index in [1.807, 2.05) is 0 Å². The molecule has 0 aliphatic carbocycles. The zero-order valence-corrected chi connectivity index (χ0v) is 9.54. The van der Waals surface area contributed by atoms with Crippen molar-refractivity contribution in [3.8, 4) is 0 Å². The summed E-state index contributed by atoms with van der Waals surface area (Å²) in [5, 5.41) is 3.46. The molecule has 0 spiro atoms. The fraction of sp³-hybridized carbons (Fsp3) is 0.500. The number of nitrogens with one attached hydrogen (secondary N) is 1. The van der Waals surface area contributed by atoms with Crippen LogP contribution >= 0.6 is 0 Å². The van der Waals surface area contributed by atoms with Gasteiger partial charge in [-0.1, -0.05) is 13.0 Å². The molecule has 0 amide bonds. The fourth-order valence-electron chi connectivity index (χ4n) is 1.26. The lowest BCUT2D eigenvalue weighted by Crippen LogP contribution is -2.14. The van der Waals surface area contributed by atoms with Crippen LogP contribution in [0.3, 0.4) is 0 Å². The van der Waals surface area contributed by atoms with Crippen molar-refractivity contribution in [3.63, 3.8) is 0 Å². The van der Waals surface area contributed by atoms with Gasteiger partial charge in [-0.25, -0.2) is 0 Å². The van der Waals surface area contributed by atoms with Crippen molar-refractivity contribution in [1.82, 2.24) is 0 Å². The molecule has 0 aliphatic rings. The molecule has 0 bridgehead atoms. The van der Waals surface area contributed by atoms with E-state index in [-0.39, 0.29) is 0 Å². The van der Waals surface area contributed by atoms with Crippen LogP contribution in [0.15, 0.2) is 24.3 Å². The predicted molar refractivity (Wildman–Crippen MR) is 64.1 cm³/mol. The Labute approximate surface area is 86.9 Å². The molecule has 2 heteroatoms. The average Bonchev–Trinajstić information content (AvgIpc) is 2.18. The van der Waals surface area contributed by atoms with Crippen LogP contribution in [0.5, 0.6) is 0 Å². The predicted octanol–water partition coefficient (Wildman–Crippen LogP) is 2.96. The molecule has 0 fully saturated rings. The summed E-state index contributed by atoms with van der Waals surface area (Å²) in [5.41, 5.74) is 2.43. The van der Waals surface area contributed by atoms with Crippen LogP contribution in [0, 0.1) is 0 Å². The molecule has 0 radical (unpaired) electrons. The van der Waals surface area contributed by atoms with Gasteiger partial charge in [-0.05, 0) is 31.5 Å². The Morgan fingerprint density at radius 2 is 2.07 bits per heavy atom. The second-order valence-electron chi connectivity index (χ2n) is 3.90. The van der Waals surface area contributed by atoms with Crippen LogP contribution < -0.4 is 10.2 Å².